The van der Waals surface area contributed by atoms with Gasteiger partial charge in [0.25, 0.3) is 10.0 Å². The van der Waals surface area contributed by atoms with E-state index in [2.05, 4.69) is 0 Å². The van der Waals surface area contributed by atoms with Crippen LogP contribution in [0.15, 0.2) is 40.6 Å². The summed E-state index contributed by atoms with van der Waals surface area (Å²) in [6, 6.07) is 10.8. The maximum absolute atomic E-state index is 12.6. The van der Waals surface area contributed by atoms with E-state index in [9.17, 15) is 8.42 Å². The molecule has 2 aromatic rings. The van der Waals surface area contributed by atoms with E-state index in [1.807, 2.05) is 38.1 Å². The van der Waals surface area contributed by atoms with Gasteiger partial charge in [0, 0.05) is 23.7 Å². The Bertz CT molecular complexity index is 693. The highest BCUT2D eigenvalue weighted by atomic mass is 32.2. The number of nitrogens with two attached hydrogens (primary N) is 1. The highest BCUT2D eigenvalue weighted by molar-refractivity contribution is 7.91. The number of hydrogen-bond acceptors (Lipinski definition) is 4. The van der Waals surface area contributed by atoms with Crippen molar-refractivity contribution in [2.45, 2.75) is 24.6 Å². The first-order valence-corrected chi connectivity index (χ1v) is 8.60. The normalized spacial score (nSPS) is 11.9. The van der Waals surface area contributed by atoms with Gasteiger partial charge in [-0.15, -0.1) is 11.3 Å². The van der Waals surface area contributed by atoms with Crippen LogP contribution in [0.3, 0.4) is 0 Å². The molecule has 6 heteroatoms. The van der Waals surface area contributed by atoms with Crippen LogP contribution in [-0.4, -0.2) is 19.3 Å². The van der Waals surface area contributed by atoms with E-state index in [1.165, 1.54) is 15.6 Å². The Morgan fingerprint density at radius 3 is 2.45 bits per heavy atom. The second-order valence-electron chi connectivity index (χ2n) is 4.50. The molecule has 0 unspecified atom stereocenters. The van der Waals surface area contributed by atoms with Crippen LogP contribution < -0.4 is 5.73 Å². The average Bonchev–Trinajstić information content (AvgIpc) is 2.85. The largest absolute Gasteiger partial charge is 0.398 e. The topological polar surface area (TPSA) is 63.4 Å². The first-order chi connectivity index (χ1) is 9.45. The Hall–Kier alpha value is -1.37. The second kappa shape index (κ2) is 5.95. The number of sulfonamides is 1. The Labute approximate surface area is 123 Å². The summed E-state index contributed by atoms with van der Waals surface area (Å²) in [4.78, 5) is 0.985. The van der Waals surface area contributed by atoms with Crippen LogP contribution in [0.4, 0.5) is 5.69 Å². The third kappa shape index (κ3) is 3.03. The number of anilines is 1. The van der Waals surface area contributed by atoms with Gasteiger partial charge in [0.2, 0.25) is 0 Å². The summed E-state index contributed by atoms with van der Waals surface area (Å²) in [5.74, 6) is 0. The van der Waals surface area contributed by atoms with Gasteiger partial charge in [-0.3, -0.25) is 0 Å². The highest BCUT2D eigenvalue weighted by Crippen LogP contribution is 2.26. The number of para-hydroxylation sites is 1. The molecule has 0 fully saturated rings. The highest BCUT2D eigenvalue weighted by Gasteiger charge is 2.25. The lowest BCUT2D eigenvalue weighted by atomic mass is 10.2. The third-order valence-electron chi connectivity index (χ3n) is 3.06. The molecule has 0 aliphatic carbocycles. The smallest absolute Gasteiger partial charge is 0.252 e. The molecular formula is C14H18N2O2S2. The SMILES string of the molecule is CCN(Cc1ccccc1N)S(=O)(=O)c1ccc(C)s1. The van der Waals surface area contributed by atoms with E-state index in [-0.39, 0.29) is 0 Å². The van der Waals surface area contributed by atoms with E-state index < -0.39 is 10.0 Å². The number of hydrogen-bond donors (Lipinski definition) is 1. The molecule has 0 amide bonds. The Morgan fingerprint density at radius 2 is 1.90 bits per heavy atom. The number of benzene rings is 1. The van der Waals surface area contributed by atoms with Crippen molar-refractivity contribution in [1.29, 1.82) is 0 Å². The fourth-order valence-corrected chi connectivity index (χ4v) is 4.78. The molecule has 2 N–H and O–H groups in total. The molecule has 0 saturated heterocycles. The van der Waals surface area contributed by atoms with E-state index in [0.717, 1.165) is 10.4 Å². The zero-order valence-electron chi connectivity index (χ0n) is 11.5. The van der Waals surface area contributed by atoms with Gasteiger partial charge < -0.3 is 5.73 Å². The summed E-state index contributed by atoms with van der Waals surface area (Å²) < 4.78 is 27.0. The quantitative estimate of drug-likeness (QED) is 0.864. The van der Waals surface area contributed by atoms with E-state index >= 15 is 0 Å². The third-order valence-corrected chi connectivity index (χ3v) is 6.45. The van der Waals surface area contributed by atoms with Gasteiger partial charge in [-0.2, -0.15) is 4.31 Å². The lowest BCUT2D eigenvalue weighted by Gasteiger charge is -2.20. The Balaban J connectivity index is 2.31. The van der Waals surface area contributed by atoms with Crippen molar-refractivity contribution in [3.8, 4) is 0 Å². The number of rotatable bonds is 5. The number of nitrogens with zero attached hydrogens (tertiary/aromatic N) is 1. The zero-order valence-corrected chi connectivity index (χ0v) is 13.2. The monoisotopic (exact) mass is 310 g/mol. The van der Waals surface area contributed by atoms with Gasteiger partial charge in [0.1, 0.15) is 4.21 Å². The molecule has 0 aliphatic heterocycles. The van der Waals surface area contributed by atoms with Crippen molar-refractivity contribution in [3.05, 3.63) is 46.8 Å². The van der Waals surface area contributed by atoms with Gasteiger partial charge in [-0.25, -0.2) is 8.42 Å². The molecule has 1 aromatic heterocycles. The van der Waals surface area contributed by atoms with Gasteiger partial charge in [0.05, 0.1) is 0 Å². The minimum atomic E-state index is -3.45. The van der Waals surface area contributed by atoms with E-state index in [0.29, 0.717) is 23.0 Å². The lowest BCUT2D eigenvalue weighted by Crippen LogP contribution is -2.30. The van der Waals surface area contributed by atoms with Gasteiger partial charge in [0.15, 0.2) is 0 Å². The first kappa shape index (κ1) is 15.0. The minimum Gasteiger partial charge on any atom is -0.398 e. The van der Waals surface area contributed by atoms with Crippen molar-refractivity contribution in [2.75, 3.05) is 12.3 Å². The molecule has 20 heavy (non-hydrogen) atoms. The molecule has 0 saturated carbocycles. The average molecular weight is 310 g/mol. The molecule has 0 radical (unpaired) electrons. The fraction of sp³-hybridized carbons (Fsp3) is 0.286. The predicted molar refractivity (Wildman–Crippen MR) is 83.2 cm³/mol. The van der Waals surface area contributed by atoms with Crippen molar-refractivity contribution in [1.82, 2.24) is 4.31 Å². The summed E-state index contributed by atoms with van der Waals surface area (Å²) in [5, 5.41) is 0. The molecule has 0 bridgehead atoms. The summed E-state index contributed by atoms with van der Waals surface area (Å²) in [5.41, 5.74) is 7.33. The Morgan fingerprint density at radius 1 is 1.20 bits per heavy atom. The summed E-state index contributed by atoms with van der Waals surface area (Å²) in [7, 11) is -3.45. The van der Waals surface area contributed by atoms with Crippen LogP contribution in [0.2, 0.25) is 0 Å². The van der Waals surface area contributed by atoms with Crippen molar-refractivity contribution in [3.63, 3.8) is 0 Å². The van der Waals surface area contributed by atoms with Crippen molar-refractivity contribution in [2.24, 2.45) is 0 Å². The molecule has 0 spiro atoms. The van der Waals surface area contributed by atoms with Crippen LogP contribution in [0.25, 0.3) is 0 Å². The number of nitrogen functional groups attached to an aromatic ring is 1. The predicted octanol–water partition coefficient (Wildman–Crippen LogP) is 2.85. The molecule has 0 aliphatic rings. The zero-order chi connectivity index (χ0) is 14.8. The van der Waals surface area contributed by atoms with Crippen molar-refractivity contribution < 1.29 is 8.42 Å². The van der Waals surface area contributed by atoms with Crippen LogP contribution >= 0.6 is 11.3 Å². The molecule has 1 heterocycles. The maximum Gasteiger partial charge on any atom is 0.252 e. The number of aryl methyl sites for hydroxylation is 1. The van der Waals surface area contributed by atoms with Crippen LogP contribution in [-0.2, 0) is 16.6 Å². The fourth-order valence-electron chi connectivity index (χ4n) is 1.91. The van der Waals surface area contributed by atoms with Crippen LogP contribution in [0, 0.1) is 6.92 Å². The molecule has 4 nitrogen and oxygen atoms in total. The summed E-state index contributed by atoms with van der Waals surface area (Å²) in [6.07, 6.45) is 0. The standard InChI is InChI=1S/C14H18N2O2S2/c1-3-16(10-12-6-4-5-7-13(12)15)20(17,18)14-9-8-11(2)19-14/h4-9H,3,10,15H2,1-2H3. The number of thiophene rings is 1. The van der Waals surface area contributed by atoms with Crippen LogP contribution in [0.1, 0.15) is 17.4 Å². The summed E-state index contributed by atoms with van der Waals surface area (Å²) >= 11 is 1.29. The molecule has 1 aromatic carbocycles. The Kier molecular flexibility index (Phi) is 4.47. The second-order valence-corrected chi connectivity index (χ2v) is 7.95. The maximum atomic E-state index is 12.6. The molecule has 2 rings (SSSR count). The van der Waals surface area contributed by atoms with E-state index in [4.69, 9.17) is 5.73 Å². The summed E-state index contributed by atoms with van der Waals surface area (Å²) in [6.45, 7) is 4.43. The first-order valence-electron chi connectivity index (χ1n) is 6.35. The molecular weight excluding hydrogens is 292 g/mol. The van der Waals surface area contributed by atoms with Gasteiger partial charge in [-0.05, 0) is 30.7 Å². The van der Waals surface area contributed by atoms with Gasteiger partial charge >= 0.3 is 0 Å². The van der Waals surface area contributed by atoms with Crippen LogP contribution in [0.5, 0.6) is 0 Å². The van der Waals surface area contributed by atoms with Crippen molar-refractivity contribution >= 4 is 27.0 Å². The van der Waals surface area contributed by atoms with Gasteiger partial charge in [-0.1, -0.05) is 25.1 Å². The molecule has 108 valence electrons. The van der Waals surface area contributed by atoms with E-state index in [1.54, 1.807) is 12.1 Å². The lowest BCUT2D eigenvalue weighted by molar-refractivity contribution is 0.425. The minimum absolute atomic E-state index is 0.294. The molecule has 0 atom stereocenters.